The highest BCUT2D eigenvalue weighted by molar-refractivity contribution is 7.14. The van der Waals surface area contributed by atoms with Crippen molar-refractivity contribution in [2.45, 2.75) is 19.1 Å². The molecule has 6 heteroatoms. The Labute approximate surface area is 89.8 Å². The second kappa shape index (κ2) is 4.40. The average molecular weight is 227 g/mol. The van der Waals surface area contributed by atoms with E-state index in [2.05, 4.69) is 0 Å². The van der Waals surface area contributed by atoms with Crippen LogP contribution < -0.4 is 0 Å². The van der Waals surface area contributed by atoms with Crippen LogP contribution in [0.25, 0.3) is 0 Å². The Balaban J connectivity index is 3.05. The molecule has 2 unspecified atom stereocenters. The number of aryl methyl sites for hydroxylation is 1. The normalized spacial score (nSPS) is 14.3. The van der Waals surface area contributed by atoms with Crippen molar-refractivity contribution in [3.05, 3.63) is 21.4 Å². The number of aliphatic hydroxyl groups is 2. The second-order valence-electron chi connectivity index (χ2n) is 2.98. The number of hydrogen-bond acceptors (Lipinski definition) is 5. The predicted molar refractivity (Wildman–Crippen MR) is 52.6 cm³/mol. The molecular weight excluding hydrogens is 218 g/mol. The first kappa shape index (κ1) is 11.7. The van der Waals surface area contributed by atoms with Gasteiger partial charge in [-0.05, 0) is 18.6 Å². The quantitative estimate of drug-likeness (QED) is 0.659. The Hall–Kier alpha value is -1.42. The lowest BCUT2D eigenvalue weighted by atomic mass is 10.1. The number of nitriles is 1. The van der Waals surface area contributed by atoms with Crippen molar-refractivity contribution in [2.24, 2.45) is 0 Å². The van der Waals surface area contributed by atoms with E-state index in [4.69, 9.17) is 15.5 Å². The third-order valence-electron chi connectivity index (χ3n) is 1.87. The molecule has 0 aliphatic carbocycles. The Morgan fingerprint density at radius 3 is 2.60 bits per heavy atom. The number of aromatic carboxylic acids is 1. The van der Waals surface area contributed by atoms with Gasteiger partial charge in [-0.15, -0.1) is 11.3 Å². The lowest BCUT2D eigenvalue weighted by Gasteiger charge is -2.10. The average Bonchev–Trinajstić information content (AvgIpc) is 2.58. The van der Waals surface area contributed by atoms with Crippen LogP contribution in [0.15, 0.2) is 6.07 Å². The monoisotopic (exact) mass is 227 g/mol. The minimum absolute atomic E-state index is 0.0756. The van der Waals surface area contributed by atoms with Crippen molar-refractivity contribution in [2.75, 3.05) is 0 Å². The topological polar surface area (TPSA) is 102 Å². The molecule has 2 atom stereocenters. The zero-order chi connectivity index (χ0) is 11.6. The molecule has 0 spiro atoms. The van der Waals surface area contributed by atoms with Gasteiger partial charge < -0.3 is 15.3 Å². The first-order valence-electron chi connectivity index (χ1n) is 4.06. The Morgan fingerprint density at radius 1 is 1.60 bits per heavy atom. The van der Waals surface area contributed by atoms with E-state index in [0.717, 1.165) is 11.3 Å². The summed E-state index contributed by atoms with van der Waals surface area (Å²) in [4.78, 5) is 11.0. The fourth-order valence-electron chi connectivity index (χ4n) is 1.11. The number of carboxylic acids is 1. The first-order chi connectivity index (χ1) is 6.97. The van der Waals surface area contributed by atoms with Crippen LogP contribution >= 0.6 is 11.3 Å². The predicted octanol–water partition coefficient (Wildman–Crippen LogP) is 0.673. The summed E-state index contributed by atoms with van der Waals surface area (Å²) in [5.41, 5.74) is 0.555. The van der Waals surface area contributed by atoms with Gasteiger partial charge in [0.15, 0.2) is 6.10 Å². The maximum absolute atomic E-state index is 10.6. The summed E-state index contributed by atoms with van der Waals surface area (Å²) in [6, 6.07) is 2.89. The summed E-state index contributed by atoms with van der Waals surface area (Å²) in [7, 11) is 0. The highest BCUT2D eigenvalue weighted by Crippen LogP contribution is 2.29. The molecule has 0 fully saturated rings. The van der Waals surface area contributed by atoms with Crippen molar-refractivity contribution in [1.29, 1.82) is 5.26 Å². The van der Waals surface area contributed by atoms with Gasteiger partial charge in [0.1, 0.15) is 11.0 Å². The molecule has 0 bridgehead atoms. The van der Waals surface area contributed by atoms with Crippen LogP contribution in [0.3, 0.4) is 0 Å². The van der Waals surface area contributed by atoms with E-state index < -0.39 is 18.2 Å². The summed E-state index contributed by atoms with van der Waals surface area (Å²) >= 11 is 0.859. The highest BCUT2D eigenvalue weighted by Gasteiger charge is 2.23. The second-order valence-corrected chi connectivity index (χ2v) is 4.07. The van der Waals surface area contributed by atoms with Gasteiger partial charge in [0.2, 0.25) is 0 Å². The van der Waals surface area contributed by atoms with Gasteiger partial charge in [0.05, 0.1) is 6.07 Å². The molecule has 0 radical (unpaired) electrons. The molecule has 0 amide bonds. The number of hydrogen-bond donors (Lipinski definition) is 3. The molecule has 5 nitrogen and oxygen atoms in total. The molecule has 0 saturated heterocycles. The molecule has 0 aliphatic rings. The Morgan fingerprint density at radius 2 is 2.20 bits per heavy atom. The maximum Gasteiger partial charge on any atom is 0.345 e. The summed E-state index contributed by atoms with van der Waals surface area (Å²) in [5, 5.41) is 35.7. The van der Waals surface area contributed by atoms with Crippen LogP contribution in [0.1, 0.15) is 26.2 Å². The van der Waals surface area contributed by atoms with Crippen LogP contribution in [0.5, 0.6) is 0 Å². The number of thiophene rings is 1. The van der Waals surface area contributed by atoms with Gasteiger partial charge in [-0.25, -0.2) is 4.79 Å². The molecular formula is C9H9NO4S. The van der Waals surface area contributed by atoms with Crippen molar-refractivity contribution in [1.82, 2.24) is 0 Å². The summed E-state index contributed by atoms with van der Waals surface area (Å²) in [5.74, 6) is -1.09. The standard InChI is InChI=1S/C9H9NO4S/c1-4-2-6(9(13)14)15-8(4)7(12)5(11)3-10/h2,5,7,11-12H,1H3,(H,13,14). The van der Waals surface area contributed by atoms with Gasteiger partial charge in [-0.1, -0.05) is 0 Å². The van der Waals surface area contributed by atoms with Crippen molar-refractivity contribution in [3.8, 4) is 6.07 Å². The zero-order valence-corrected chi connectivity index (χ0v) is 8.65. The van der Waals surface area contributed by atoms with E-state index in [9.17, 15) is 9.90 Å². The third kappa shape index (κ3) is 2.33. The van der Waals surface area contributed by atoms with Crippen LogP contribution in [-0.4, -0.2) is 27.4 Å². The summed E-state index contributed by atoms with van der Waals surface area (Å²) < 4.78 is 0. The minimum Gasteiger partial charge on any atom is -0.477 e. The molecule has 1 heterocycles. The highest BCUT2D eigenvalue weighted by atomic mass is 32.1. The SMILES string of the molecule is Cc1cc(C(=O)O)sc1C(O)C(O)C#N. The molecule has 80 valence electrons. The molecule has 0 saturated carbocycles. The largest absolute Gasteiger partial charge is 0.477 e. The van der Waals surface area contributed by atoms with Crippen LogP contribution in [0.4, 0.5) is 0 Å². The molecule has 0 aromatic carbocycles. The zero-order valence-electron chi connectivity index (χ0n) is 7.84. The van der Waals surface area contributed by atoms with Gasteiger partial charge in [-0.3, -0.25) is 0 Å². The molecule has 1 aromatic heterocycles. The van der Waals surface area contributed by atoms with Crippen LogP contribution in [0.2, 0.25) is 0 Å². The number of carbonyl (C=O) groups is 1. The Bertz CT molecular complexity index is 420. The van der Waals surface area contributed by atoms with Gasteiger partial charge in [-0.2, -0.15) is 5.26 Å². The fourth-order valence-corrected chi connectivity index (χ4v) is 2.14. The molecule has 0 aliphatic heterocycles. The Kier molecular flexibility index (Phi) is 3.42. The lowest BCUT2D eigenvalue weighted by molar-refractivity contribution is 0.0548. The fraction of sp³-hybridized carbons (Fsp3) is 0.333. The van der Waals surface area contributed by atoms with E-state index in [1.54, 1.807) is 6.92 Å². The lowest BCUT2D eigenvalue weighted by Crippen LogP contribution is -2.15. The third-order valence-corrected chi connectivity index (χ3v) is 3.16. The van der Waals surface area contributed by atoms with E-state index in [1.807, 2.05) is 0 Å². The van der Waals surface area contributed by atoms with Gasteiger partial charge in [0, 0.05) is 4.88 Å². The summed E-state index contributed by atoms with van der Waals surface area (Å²) in [6.45, 7) is 1.62. The van der Waals surface area contributed by atoms with Crippen molar-refractivity contribution in [3.63, 3.8) is 0 Å². The van der Waals surface area contributed by atoms with E-state index in [1.165, 1.54) is 12.1 Å². The van der Waals surface area contributed by atoms with Gasteiger partial charge in [0.25, 0.3) is 0 Å². The van der Waals surface area contributed by atoms with E-state index in [-0.39, 0.29) is 4.88 Å². The van der Waals surface area contributed by atoms with E-state index in [0.29, 0.717) is 10.4 Å². The first-order valence-corrected chi connectivity index (χ1v) is 4.88. The minimum atomic E-state index is -1.54. The van der Waals surface area contributed by atoms with Crippen LogP contribution in [0, 0.1) is 18.3 Å². The van der Waals surface area contributed by atoms with Gasteiger partial charge >= 0.3 is 5.97 Å². The van der Waals surface area contributed by atoms with Crippen LogP contribution in [-0.2, 0) is 0 Å². The molecule has 1 rings (SSSR count). The number of carboxylic acid groups (broad SMARTS) is 1. The molecule has 15 heavy (non-hydrogen) atoms. The van der Waals surface area contributed by atoms with Crippen molar-refractivity contribution >= 4 is 17.3 Å². The number of aliphatic hydroxyl groups excluding tert-OH is 2. The smallest absolute Gasteiger partial charge is 0.345 e. The number of nitrogens with zero attached hydrogens (tertiary/aromatic N) is 1. The maximum atomic E-state index is 10.6. The van der Waals surface area contributed by atoms with Crippen molar-refractivity contribution < 1.29 is 20.1 Å². The van der Waals surface area contributed by atoms with E-state index >= 15 is 0 Å². The molecule has 3 N–H and O–H groups in total. The summed E-state index contributed by atoms with van der Waals surface area (Å²) in [6.07, 6.45) is -2.89. The molecule has 1 aromatic rings. The number of rotatable bonds is 3.